The maximum absolute atomic E-state index is 10.9. The minimum Gasteiger partial charge on any atom is -0.345 e. The average Bonchev–Trinajstić information content (AvgIpc) is 2.83. The van der Waals surface area contributed by atoms with Gasteiger partial charge in [0.15, 0.2) is 0 Å². The van der Waals surface area contributed by atoms with Crippen LogP contribution in [0.2, 0.25) is 5.15 Å². The van der Waals surface area contributed by atoms with Gasteiger partial charge in [-0.3, -0.25) is 15.5 Å². The van der Waals surface area contributed by atoms with E-state index in [2.05, 4.69) is 15.5 Å². The van der Waals surface area contributed by atoms with Gasteiger partial charge < -0.3 is 4.98 Å². The summed E-state index contributed by atoms with van der Waals surface area (Å²) in [4.78, 5) is 13.5. The van der Waals surface area contributed by atoms with Gasteiger partial charge >= 0.3 is 0 Å². The fourth-order valence-electron chi connectivity index (χ4n) is 2.15. The van der Waals surface area contributed by atoms with E-state index in [0.717, 1.165) is 16.5 Å². The fourth-order valence-corrected chi connectivity index (χ4v) is 2.40. The molecule has 0 amide bonds. The zero-order chi connectivity index (χ0) is 15.5. The maximum atomic E-state index is 10.9. The van der Waals surface area contributed by atoms with Crippen LogP contribution in [-0.2, 0) is 0 Å². The third kappa shape index (κ3) is 2.64. The lowest BCUT2D eigenvalue weighted by molar-refractivity contribution is -0.384. The van der Waals surface area contributed by atoms with E-state index >= 15 is 0 Å². The zero-order valence-electron chi connectivity index (χ0n) is 11.3. The molecule has 3 aromatic rings. The minimum absolute atomic E-state index is 0.0373. The van der Waals surface area contributed by atoms with Crippen LogP contribution in [0.25, 0.3) is 10.9 Å². The van der Waals surface area contributed by atoms with Gasteiger partial charge in [0, 0.05) is 22.5 Å². The van der Waals surface area contributed by atoms with Crippen LogP contribution >= 0.6 is 11.6 Å². The molecule has 0 aliphatic rings. The molecular formula is C15H11ClN4O2. The number of nitro benzene ring substituents is 1. The number of fused-ring (bicyclic) bond motifs is 1. The normalized spacial score (nSPS) is 11.1. The zero-order valence-corrected chi connectivity index (χ0v) is 12.0. The van der Waals surface area contributed by atoms with Crippen LogP contribution in [0.5, 0.6) is 0 Å². The first-order valence-corrected chi connectivity index (χ1v) is 6.83. The molecule has 110 valence electrons. The highest BCUT2D eigenvalue weighted by Crippen LogP contribution is 2.25. The lowest BCUT2D eigenvalue weighted by Crippen LogP contribution is -1.96. The van der Waals surface area contributed by atoms with Crippen LogP contribution in [-0.4, -0.2) is 16.1 Å². The van der Waals surface area contributed by atoms with Crippen LogP contribution in [0.1, 0.15) is 5.56 Å². The molecular weight excluding hydrogens is 304 g/mol. The molecule has 0 radical (unpaired) electrons. The van der Waals surface area contributed by atoms with Gasteiger partial charge in [0.25, 0.3) is 5.69 Å². The third-order valence-electron chi connectivity index (χ3n) is 3.18. The SMILES string of the molecule is O=[N+]([O-])c1ccccc1N/N=C\c1c(Cl)[nH]c2ccccc12. The van der Waals surface area contributed by atoms with E-state index in [1.807, 2.05) is 24.3 Å². The van der Waals surface area contributed by atoms with Crippen molar-refractivity contribution in [3.63, 3.8) is 0 Å². The summed E-state index contributed by atoms with van der Waals surface area (Å²) in [6, 6.07) is 13.9. The molecule has 2 N–H and O–H groups in total. The van der Waals surface area contributed by atoms with E-state index in [1.54, 1.807) is 18.2 Å². The number of hydrogen-bond donors (Lipinski definition) is 2. The summed E-state index contributed by atoms with van der Waals surface area (Å²) in [5, 5.41) is 16.4. The molecule has 1 heterocycles. The number of nitro groups is 1. The molecule has 0 aliphatic heterocycles. The Bertz CT molecular complexity index is 873. The quantitative estimate of drug-likeness (QED) is 0.430. The van der Waals surface area contributed by atoms with Gasteiger partial charge in [-0.15, -0.1) is 0 Å². The van der Waals surface area contributed by atoms with Crippen molar-refractivity contribution in [2.24, 2.45) is 5.10 Å². The molecule has 0 fully saturated rings. The first-order valence-electron chi connectivity index (χ1n) is 6.45. The standard InChI is InChI=1S/C15H11ClN4O2/c16-15-11(10-5-1-2-6-12(10)18-15)9-17-19-13-7-3-4-8-14(13)20(21)22/h1-9,18-19H/b17-9-. The first kappa shape index (κ1) is 14.1. The summed E-state index contributed by atoms with van der Waals surface area (Å²) in [6.45, 7) is 0. The van der Waals surface area contributed by atoms with E-state index in [0.29, 0.717) is 10.8 Å². The van der Waals surface area contributed by atoms with E-state index in [1.165, 1.54) is 12.3 Å². The summed E-state index contributed by atoms with van der Waals surface area (Å²) < 4.78 is 0. The molecule has 3 rings (SSSR count). The number of nitrogens with zero attached hydrogens (tertiary/aromatic N) is 2. The van der Waals surface area contributed by atoms with Gasteiger partial charge in [0.1, 0.15) is 10.8 Å². The summed E-state index contributed by atoms with van der Waals surface area (Å²) in [5.41, 5.74) is 4.59. The number of H-pyrrole nitrogens is 1. The Morgan fingerprint density at radius 3 is 2.73 bits per heavy atom. The van der Waals surface area contributed by atoms with Crippen LogP contribution in [0, 0.1) is 10.1 Å². The number of aromatic nitrogens is 1. The number of hydrogen-bond acceptors (Lipinski definition) is 4. The number of para-hydroxylation sites is 3. The van der Waals surface area contributed by atoms with Crippen molar-refractivity contribution in [2.45, 2.75) is 0 Å². The fraction of sp³-hybridized carbons (Fsp3) is 0. The molecule has 0 unspecified atom stereocenters. The molecule has 2 aromatic carbocycles. The number of hydrazone groups is 1. The first-order chi connectivity index (χ1) is 10.7. The molecule has 22 heavy (non-hydrogen) atoms. The second-order valence-corrected chi connectivity index (χ2v) is 4.92. The van der Waals surface area contributed by atoms with Crippen LogP contribution in [0.3, 0.4) is 0 Å². The van der Waals surface area contributed by atoms with E-state index in [9.17, 15) is 10.1 Å². The Labute approximate surface area is 130 Å². The molecule has 1 aromatic heterocycles. The van der Waals surface area contributed by atoms with E-state index in [4.69, 9.17) is 11.6 Å². The second kappa shape index (κ2) is 5.87. The summed E-state index contributed by atoms with van der Waals surface area (Å²) in [7, 11) is 0. The van der Waals surface area contributed by atoms with Gasteiger partial charge in [-0.2, -0.15) is 5.10 Å². The van der Waals surface area contributed by atoms with Crippen molar-refractivity contribution in [1.29, 1.82) is 0 Å². The van der Waals surface area contributed by atoms with Crippen molar-refractivity contribution in [3.8, 4) is 0 Å². The number of rotatable bonds is 4. The van der Waals surface area contributed by atoms with Gasteiger partial charge in [0.05, 0.1) is 11.1 Å². The Balaban J connectivity index is 1.89. The van der Waals surface area contributed by atoms with Crippen molar-refractivity contribution >= 4 is 40.1 Å². The Morgan fingerprint density at radius 2 is 1.91 bits per heavy atom. The van der Waals surface area contributed by atoms with Gasteiger partial charge in [0.2, 0.25) is 0 Å². The Morgan fingerprint density at radius 1 is 1.18 bits per heavy atom. The minimum atomic E-state index is -0.462. The van der Waals surface area contributed by atoms with Crippen molar-refractivity contribution in [3.05, 3.63) is 69.4 Å². The molecule has 0 saturated heterocycles. The summed E-state index contributed by atoms with van der Waals surface area (Å²) in [5.74, 6) is 0. The largest absolute Gasteiger partial charge is 0.345 e. The van der Waals surface area contributed by atoms with Crippen molar-refractivity contribution in [1.82, 2.24) is 4.98 Å². The predicted molar refractivity (Wildman–Crippen MR) is 87.6 cm³/mol. The molecule has 0 aliphatic carbocycles. The molecule has 0 bridgehead atoms. The molecule has 7 heteroatoms. The molecule has 0 spiro atoms. The summed E-state index contributed by atoms with van der Waals surface area (Å²) in [6.07, 6.45) is 1.54. The van der Waals surface area contributed by atoms with E-state index < -0.39 is 4.92 Å². The summed E-state index contributed by atoms with van der Waals surface area (Å²) >= 11 is 6.15. The maximum Gasteiger partial charge on any atom is 0.294 e. The highest BCUT2D eigenvalue weighted by molar-refractivity contribution is 6.34. The number of anilines is 1. The second-order valence-electron chi connectivity index (χ2n) is 4.54. The monoisotopic (exact) mass is 314 g/mol. The van der Waals surface area contributed by atoms with Gasteiger partial charge in [-0.1, -0.05) is 41.9 Å². The number of aromatic amines is 1. The Kier molecular flexibility index (Phi) is 3.76. The lowest BCUT2D eigenvalue weighted by atomic mass is 10.2. The number of halogens is 1. The average molecular weight is 315 g/mol. The van der Waals surface area contributed by atoms with Crippen LogP contribution in [0.15, 0.2) is 53.6 Å². The lowest BCUT2D eigenvalue weighted by Gasteiger charge is -2.00. The van der Waals surface area contributed by atoms with Crippen molar-refractivity contribution in [2.75, 3.05) is 5.43 Å². The predicted octanol–water partition coefficient (Wildman–Crippen LogP) is 4.18. The van der Waals surface area contributed by atoms with Gasteiger partial charge in [-0.25, -0.2) is 0 Å². The number of benzene rings is 2. The smallest absolute Gasteiger partial charge is 0.294 e. The topological polar surface area (TPSA) is 83.3 Å². The highest BCUT2D eigenvalue weighted by Gasteiger charge is 2.11. The number of nitrogens with one attached hydrogen (secondary N) is 2. The Hall–Kier alpha value is -2.86. The van der Waals surface area contributed by atoms with Crippen LogP contribution in [0.4, 0.5) is 11.4 Å². The molecule has 0 saturated carbocycles. The molecule has 6 nitrogen and oxygen atoms in total. The van der Waals surface area contributed by atoms with Crippen molar-refractivity contribution < 1.29 is 4.92 Å². The van der Waals surface area contributed by atoms with Crippen LogP contribution < -0.4 is 5.43 Å². The van der Waals surface area contributed by atoms with E-state index in [-0.39, 0.29) is 5.69 Å². The highest BCUT2D eigenvalue weighted by atomic mass is 35.5. The molecule has 0 atom stereocenters. The third-order valence-corrected chi connectivity index (χ3v) is 3.48. The van der Waals surface area contributed by atoms with Gasteiger partial charge in [-0.05, 0) is 12.1 Å².